The average molecular weight is 371 g/mol. The van der Waals surface area contributed by atoms with E-state index >= 15 is 0 Å². The third kappa shape index (κ3) is 22.0. The fourth-order valence-corrected chi connectivity index (χ4v) is 3.75. The summed E-state index contributed by atoms with van der Waals surface area (Å²) in [5.41, 5.74) is 0. The van der Waals surface area contributed by atoms with Gasteiger partial charge in [0.25, 0.3) is 0 Å². The highest BCUT2D eigenvalue weighted by molar-refractivity contribution is 4.55. The van der Waals surface area contributed by atoms with Gasteiger partial charge in [-0.1, -0.05) is 129 Å². The summed E-state index contributed by atoms with van der Waals surface area (Å²) in [6.45, 7) is 2.40. The van der Waals surface area contributed by atoms with Gasteiger partial charge in [0.05, 0.1) is 6.10 Å². The van der Waals surface area contributed by atoms with Crippen LogP contribution in [0.5, 0.6) is 0 Å². The van der Waals surface area contributed by atoms with E-state index in [1.54, 1.807) is 0 Å². The van der Waals surface area contributed by atoms with E-state index in [0.29, 0.717) is 6.42 Å². The summed E-state index contributed by atoms with van der Waals surface area (Å²) in [7, 11) is 0. The van der Waals surface area contributed by atoms with Gasteiger partial charge in [-0.3, -0.25) is 0 Å². The van der Waals surface area contributed by atoms with E-state index in [-0.39, 0.29) is 12.7 Å². The molecule has 2 heteroatoms. The van der Waals surface area contributed by atoms with Crippen molar-refractivity contribution < 1.29 is 10.2 Å². The first kappa shape index (κ1) is 25.9. The Kier molecular flexibility index (Phi) is 22.9. The van der Waals surface area contributed by atoms with E-state index in [1.807, 2.05) is 0 Å². The van der Waals surface area contributed by atoms with Crippen LogP contribution in [0.15, 0.2) is 0 Å². The maximum Gasteiger partial charge on any atom is 0.0562 e. The summed E-state index contributed by atoms with van der Waals surface area (Å²) in [5.74, 6) is 0. The van der Waals surface area contributed by atoms with Crippen molar-refractivity contribution in [2.75, 3.05) is 6.61 Å². The second-order valence-electron chi connectivity index (χ2n) is 8.32. The third-order valence-electron chi connectivity index (χ3n) is 5.60. The van der Waals surface area contributed by atoms with Crippen LogP contribution in [0.25, 0.3) is 0 Å². The first-order valence-corrected chi connectivity index (χ1v) is 12.1. The standard InChI is InChI=1S/C24H50O2/c1-2-3-4-5-6-7-8-9-10-11-12-13-14-15-16-17-18-19-20-21-24(26)22-23-25/h24-26H,2-23H2,1H3/t24-/m0/s1. The molecule has 0 aromatic carbocycles. The highest BCUT2D eigenvalue weighted by atomic mass is 16.3. The largest absolute Gasteiger partial charge is 0.396 e. The summed E-state index contributed by atoms with van der Waals surface area (Å²) >= 11 is 0. The van der Waals surface area contributed by atoms with Crippen LogP contribution < -0.4 is 0 Å². The van der Waals surface area contributed by atoms with Gasteiger partial charge in [0, 0.05) is 6.61 Å². The zero-order valence-corrected chi connectivity index (χ0v) is 18.0. The van der Waals surface area contributed by atoms with Crippen molar-refractivity contribution >= 4 is 0 Å². The molecule has 0 fully saturated rings. The summed E-state index contributed by atoms with van der Waals surface area (Å²) in [6.07, 6.45) is 27.7. The minimum Gasteiger partial charge on any atom is -0.396 e. The summed E-state index contributed by atoms with van der Waals surface area (Å²) in [6, 6.07) is 0. The highest BCUT2D eigenvalue weighted by Gasteiger charge is 2.02. The summed E-state index contributed by atoms with van der Waals surface area (Å²) in [4.78, 5) is 0. The Morgan fingerprint density at radius 2 is 0.769 bits per heavy atom. The minimum absolute atomic E-state index is 0.111. The van der Waals surface area contributed by atoms with E-state index < -0.39 is 0 Å². The van der Waals surface area contributed by atoms with Crippen LogP contribution in [0, 0.1) is 0 Å². The van der Waals surface area contributed by atoms with Crippen molar-refractivity contribution in [2.45, 2.75) is 148 Å². The Balaban J connectivity index is 3.01. The van der Waals surface area contributed by atoms with Crippen LogP contribution in [0.2, 0.25) is 0 Å². The van der Waals surface area contributed by atoms with Crippen LogP contribution >= 0.6 is 0 Å². The van der Waals surface area contributed by atoms with E-state index in [1.165, 1.54) is 116 Å². The van der Waals surface area contributed by atoms with Gasteiger partial charge in [-0.2, -0.15) is 0 Å². The van der Waals surface area contributed by atoms with Crippen molar-refractivity contribution in [3.8, 4) is 0 Å². The molecule has 0 aliphatic heterocycles. The van der Waals surface area contributed by atoms with Crippen LogP contribution in [0.1, 0.15) is 142 Å². The minimum atomic E-state index is -0.286. The van der Waals surface area contributed by atoms with E-state index in [0.717, 1.165) is 12.8 Å². The molecule has 0 spiro atoms. The second-order valence-corrected chi connectivity index (χ2v) is 8.32. The monoisotopic (exact) mass is 370 g/mol. The van der Waals surface area contributed by atoms with E-state index in [2.05, 4.69) is 6.92 Å². The first-order chi connectivity index (χ1) is 12.8. The van der Waals surface area contributed by atoms with Crippen LogP contribution in [-0.2, 0) is 0 Å². The molecule has 0 rings (SSSR count). The van der Waals surface area contributed by atoms with Crippen molar-refractivity contribution in [2.24, 2.45) is 0 Å². The molecular formula is C24H50O2. The Hall–Kier alpha value is -0.0800. The lowest BCUT2D eigenvalue weighted by Gasteiger charge is -2.08. The Morgan fingerprint density at radius 1 is 0.462 bits per heavy atom. The molecule has 2 N–H and O–H groups in total. The lowest BCUT2D eigenvalue weighted by Crippen LogP contribution is -2.08. The first-order valence-electron chi connectivity index (χ1n) is 12.1. The lowest BCUT2D eigenvalue weighted by molar-refractivity contribution is 0.122. The molecule has 0 aromatic rings. The predicted molar refractivity (Wildman–Crippen MR) is 116 cm³/mol. The normalized spacial score (nSPS) is 12.6. The zero-order chi connectivity index (χ0) is 19.1. The SMILES string of the molecule is CCCCCCCCCCCCCCCCCCCCC[C@H](O)CCO. The van der Waals surface area contributed by atoms with Crippen molar-refractivity contribution in [1.82, 2.24) is 0 Å². The molecule has 0 aliphatic carbocycles. The topological polar surface area (TPSA) is 40.5 Å². The molecular weight excluding hydrogens is 320 g/mol. The molecule has 0 amide bonds. The molecule has 0 bridgehead atoms. The average Bonchev–Trinajstić information content (AvgIpc) is 2.64. The molecule has 0 saturated heterocycles. The van der Waals surface area contributed by atoms with Gasteiger partial charge in [-0.15, -0.1) is 0 Å². The quantitative estimate of drug-likeness (QED) is 0.193. The molecule has 0 aromatic heterocycles. The molecule has 158 valence electrons. The Bertz CT molecular complexity index is 242. The number of hydrogen-bond donors (Lipinski definition) is 2. The van der Waals surface area contributed by atoms with Crippen LogP contribution in [-0.4, -0.2) is 22.9 Å². The highest BCUT2D eigenvalue weighted by Crippen LogP contribution is 2.15. The summed E-state index contributed by atoms with van der Waals surface area (Å²) in [5, 5.41) is 18.3. The van der Waals surface area contributed by atoms with Crippen molar-refractivity contribution in [3.63, 3.8) is 0 Å². The van der Waals surface area contributed by atoms with Crippen molar-refractivity contribution in [1.29, 1.82) is 0 Å². The second kappa shape index (κ2) is 23.0. The van der Waals surface area contributed by atoms with Gasteiger partial charge in [-0.25, -0.2) is 0 Å². The zero-order valence-electron chi connectivity index (χ0n) is 18.0. The van der Waals surface area contributed by atoms with Gasteiger partial charge < -0.3 is 10.2 Å². The summed E-state index contributed by atoms with van der Waals surface area (Å²) < 4.78 is 0. The van der Waals surface area contributed by atoms with Gasteiger partial charge in [-0.05, 0) is 12.8 Å². The van der Waals surface area contributed by atoms with Gasteiger partial charge in [0.1, 0.15) is 0 Å². The maximum atomic E-state index is 9.53. The van der Waals surface area contributed by atoms with E-state index in [4.69, 9.17) is 5.11 Å². The third-order valence-corrected chi connectivity index (χ3v) is 5.60. The van der Waals surface area contributed by atoms with Gasteiger partial charge in [0.15, 0.2) is 0 Å². The van der Waals surface area contributed by atoms with Crippen LogP contribution in [0.3, 0.4) is 0 Å². The fraction of sp³-hybridized carbons (Fsp3) is 1.00. The number of rotatable bonds is 22. The van der Waals surface area contributed by atoms with Crippen LogP contribution in [0.4, 0.5) is 0 Å². The Morgan fingerprint density at radius 3 is 1.08 bits per heavy atom. The number of hydrogen-bond acceptors (Lipinski definition) is 2. The predicted octanol–water partition coefficient (Wildman–Crippen LogP) is 7.55. The van der Waals surface area contributed by atoms with Gasteiger partial charge in [0.2, 0.25) is 0 Å². The smallest absolute Gasteiger partial charge is 0.0562 e. The molecule has 0 heterocycles. The molecule has 26 heavy (non-hydrogen) atoms. The molecule has 1 atom stereocenters. The molecule has 2 nitrogen and oxygen atoms in total. The lowest BCUT2D eigenvalue weighted by atomic mass is 10.0. The number of aliphatic hydroxyl groups is 2. The number of unbranched alkanes of at least 4 members (excludes halogenated alkanes) is 18. The molecule has 0 unspecified atom stereocenters. The van der Waals surface area contributed by atoms with Crippen molar-refractivity contribution in [3.05, 3.63) is 0 Å². The number of aliphatic hydroxyl groups excluding tert-OH is 2. The van der Waals surface area contributed by atoms with E-state index in [9.17, 15) is 5.11 Å². The molecule has 0 saturated carbocycles. The Labute approximate surface area is 165 Å². The fourth-order valence-electron chi connectivity index (χ4n) is 3.75. The van der Waals surface area contributed by atoms with Gasteiger partial charge >= 0.3 is 0 Å². The molecule has 0 aliphatic rings. The molecule has 0 radical (unpaired) electrons. The maximum absolute atomic E-state index is 9.53.